The van der Waals surface area contributed by atoms with Crippen molar-refractivity contribution in [2.75, 3.05) is 14.1 Å². The second kappa shape index (κ2) is 8.62. The molecule has 0 fully saturated rings. The second-order valence-corrected chi connectivity index (χ2v) is 4.63. The van der Waals surface area contributed by atoms with E-state index in [4.69, 9.17) is 0 Å². The van der Waals surface area contributed by atoms with Gasteiger partial charge in [0.15, 0.2) is 0 Å². The molecule has 1 aromatic rings. The zero-order valence-electron chi connectivity index (χ0n) is 9.57. The number of rotatable bonds is 2. The zero-order valence-corrected chi connectivity index (χ0v) is 10.4. The molecule has 0 amide bonds. The third kappa shape index (κ3) is 8.33. The van der Waals surface area contributed by atoms with E-state index in [2.05, 4.69) is 24.4 Å². The summed E-state index contributed by atoms with van der Waals surface area (Å²) in [6, 6.07) is 4.22. The summed E-state index contributed by atoms with van der Waals surface area (Å²) in [5.74, 6) is 0.218. The lowest BCUT2D eigenvalue weighted by atomic mass is 10.2. The van der Waals surface area contributed by atoms with E-state index in [0.29, 0.717) is 0 Å². The van der Waals surface area contributed by atoms with Crippen molar-refractivity contribution in [3.8, 4) is 0 Å². The molecule has 0 aliphatic carbocycles. The molecule has 1 heterocycles. The van der Waals surface area contributed by atoms with Crippen LogP contribution in [0.5, 0.6) is 0 Å². The molecule has 88 valence electrons. The fourth-order valence-electron chi connectivity index (χ4n) is 0.724. The molecule has 0 saturated carbocycles. The lowest BCUT2D eigenvalue weighted by molar-refractivity contribution is -0.120. The number of hydrogen-bond acceptors (Lipinski definition) is 3. The summed E-state index contributed by atoms with van der Waals surface area (Å²) in [5, 5.41) is 2.08. The van der Waals surface area contributed by atoms with Crippen LogP contribution in [0.15, 0.2) is 17.5 Å². The first-order valence-electron chi connectivity index (χ1n) is 4.62. The first kappa shape index (κ1) is 16.7. The summed E-state index contributed by atoms with van der Waals surface area (Å²) in [7, 11) is 3.79. The maximum atomic E-state index is 10.5. The van der Waals surface area contributed by atoms with Gasteiger partial charge in [-0.2, -0.15) is 0 Å². The number of nitrogens with zero attached hydrogens (tertiary/aromatic N) is 1. The molecule has 1 rings (SSSR count). The van der Waals surface area contributed by atoms with Crippen molar-refractivity contribution in [1.29, 1.82) is 0 Å². The van der Waals surface area contributed by atoms with Gasteiger partial charge >= 0.3 is 0 Å². The number of carbonyl (C=O) groups excluding carboxylic acids is 1. The Kier molecular flexibility index (Phi) is 9.63. The molecule has 0 N–H and O–H groups in total. The molecule has 0 spiro atoms. The predicted octanol–water partition coefficient (Wildman–Crippen LogP) is 3.22. The Balaban J connectivity index is 0. The summed E-state index contributed by atoms with van der Waals surface area (Å²) < 4.78 is 0. The molecular formula is C12H23NOS. The fourth-order valence-corrected chi connectivity index (χ4v) is 1.25. The smallest absolute Gasteiger partial charge is 0.146 e. The highest BCUT2D eigenvalue weighted by Crippen LogP contribution is 2.03. The maximum Gasteiger partial charge on any atom is 0.146 e. The molecular weight excluding hydrogens is 206 g/mol. The molecule has 0 saturated heterocycles. The average molecular weight is 229 g/mol. The molecule has 0 radical (unpaired) electrons. The summed E-state index contributed by atoms with van der Waals surface area (Å²) in [6.07, 6.45) is 0. The van der Waals surface area contributed by atoms with Gasteiger partial charge in [-0.3, -0.25) is 9.69 Å². The van der Waals surface area contributed by atoms with Gasteiger partial charge in [-0.15, -0.1) is 11.3 Å². The van der Waals surface area contributed by atoms with Crippen molar-refractivity contribution < 1.29 is 4.79 Å². The van der Waals surface area contributed by atoms with Crippen LogP contribution in [0.25, 0.3) is 0 Å². The van der Waals surface area contributed by atoms with Crippen molar-refractivity contribution in [3.05, 3.63) is 22.4 Å². The summed E-state index contributed by atoms with van der Waals surface area (Å²) >= 11 is 1.78. The molecule has 2 nitrogen and oxygen atoms in total. The summed E-state index contributed by atoms with van der Waals surface area (Å²) in [5.41, 5.74) is 0. The van der Waals surface area contributed by atoms with Crippen LogP contribution in [0.3, 0.4) is 0 Å². The number of aryl methyl sites for hydroxylation is 1. The van der Waals surface area contributed by atoms with Gasteiger partial charge in [0.1, 0.15) is 5.78 Å². The van der Waals surface area contributed by atoms with Crippen molar-refractivity contribution in [3.63, 3.8) is 0 Å². The minimum absolute atomic E-state index is 0. The molecule has 15 heavy (non-hydrogen) atoms. The molecule has 3 heteroatoms. The van der Waals surface area contributed by atoms with Crippen LogP contribution >= 0.6 is 11.3 Å². The van der Waals surface area contributed by atoms with Gasteiger partial charge in [-0.05, 0) is 46.3 Å². The minimum Gasteiger partial charge on any atom is -0.300 e. The number of hydrogen-bond donors (Lipinski definition) is 0. The Hall–Kier alpha value is -0.670. The van der Waals surface area contributed by atoms with Crippen LogP contribution in [-0.2, 0) is 4.79 Å². The average Bonchev–Trinajstić information content (AvgIpc) is 2.55. The summed E-state index contributed by atoms with van der Waals surface area (Å²) in [6.45, 7) is 5.59. The van der Waals surface area contributed by atoms with E-state index < -0.39 is 0 Å². The standard InChI is InChI=1S/C6H13NO.C5H6S.CH4/c1-5(6(2)8)7(3)4;1-5-3-2-4-6-5;/h5H,1-4H3;2-4H,1H3;1H4/t5-;;/m1../s1. The number of Topliss-reactive ketones (excluding diaryl/α,β-unsaturated/α-hetero) is 1. The van der Waals surface area contributed by atoms with Gasteiger partial charge < -0.3 is 0 Å². The Morgan fingerprint density at radius 3 is 2.07 bits per heavy atom. The van der Waals surface area contributed by atoms with E-state index >= 15 is 0 Å². The second-order valence-electron chi connectivity index (χ2n) is 3.47. The maximum absolute atomic E-state index is 10.5. The largest absolute Gasteiger partial charge is 0.300 e. The van der Waals surface area contributed by atoms with E-state index in [1.54, 1.807) is 18.3 Å². The molecule has 1 atom stereocenters. The molecule has 0 aliphatic heterocycles. The number of likely N-dealkylation sites (N-methyl/N-ethyl adjacent to an activating group) is 1. The van der Waals surface area contributed by atoms with Crippen LogP contribution in [0, 0.1) is 6.92 Å². The Morgan fingerprint density at radius 2 is 2.00 bits per heavy atom. The first-order chi connectivity index (χ1) is 6.45. The van der Waals surface area contributed by atoms with E-state index in [1.807, 2.05) is 25.9 Å². The third-order valence-corrected chi connectivity index (χ3v) is 2.83. The number of thiophene rings is 1. The Morgan fingerprint density at radius 1 is 1.47 bits per heavy atom. The van der Waals surface area contributed by atoms with Gasteiger partial charge in [0.25, 0.3) is 0 Å². The highest BCUT2D eigenvalue weighted by molar-refractivity contribution is 7.09. The highest BCUT2D eigenvalue weighted by atomic mass is 32.1. The fraction of sp³-hybridized carbons (Fsp3) is 0.583. The van der Waals surface area contributed by atoms with E-state index in [-0.39, 0.29) is 19.3 Å². The molecule has 0 aromatic carbocycles. The monoisotopic (exact) mass is 229 g/mol. The van der Waals surface area contributed by atoms with E-state index in [0.717, 1.165) is 0 Å². The quantitative estimate of drug-likeness (QED) is 0.776. The zero-order chi connectivity index (χ0) is 11.1. The highest BCUT2D eigenvalue weighted by Gasteiger charge is 2.07. The van der Waals surface area contributed by atoms with Gasteiger partial charge in [-0.1, -0.05) is 13.5 Å². The van der Waals surface area contributed by atoms with Crippen molar-refractivity contribution >= 4 is 17.1 Å². The van der Waals surface area contributed by atoms with Crippen molar-refractivity contribution in [2.24, 2.45) is 0 Å². The van der Waals surface area contributed by atoms with Crippen LogP contribution < -0.4 is 0 Å². The molecule has 1 aromatic heterocycles. The number of carbonyl (C=O) groups is 1. The lowest BCUT2D eigenvalue weighted by Gasteiger charge is -2.15. The normalized spacial score (nSPS) is 11.1. The van der Waals surface area contributed by atoms with Gasteiger partial charge in [0.2, 0.25) is 0 Å². The minimum atomic E-state index is 0. The van der Waals surface area contributed by atoms with E-state index in [9.17, 15) is 4.79 Å². The number of ketones is 1. The molecule has 0 bridgehead atoms. The summed E-state index contributed by atoms with van der Waals surface area (Å²) in [4.78, 5) is 13.8. The van der Waals surface area contributed by atoms with Gasteiger partial charge in [0.05, 0.1) is 6.04 Å². The van der Waals surface area contributed by atoms with Gasteiger partial charge in [-0.25, -0.2) is 0 Å². The molecule has 0 unspecified atom stereocenters. The topological polar surface area (TPSA) is 20.3 Å². The van der Waals surface area contributed by atoms with Crippen LogP contribution in [0.2, 0.25) is 0 Å². The van der Waals surface area contributed by atoms with Crippen molar-refractivity contribution in [1.82, 2.24) is 4.90 Å². The van der Waals surface area contributed by atoms with Crippen LogP contribution in [0.1, 0.15) is 26.2 Å². The Labute approximate surface area is 97.9 Å². The van der Waals surface area contributed by atoms with Crippen molar-refractivity contribution in [2.45, 2.75) is 34.2 Å². The Bertz CT molecular complexity index is 255. The van der Waals surface area contributed by atoms with Crippen LogP contribution in [0.4, 0.5) is 0 Å². The third-order valence-electron chi connectivity index (χ3n) is 2.03. The first-order valence-corrected chi connectivity index (χ1v) is 5.50. The lowest BCUT2D eigenvalue weighted by Crippen LogP contribution is -2.30. The van der Waals surface area contributed by atoms with Crippen LogP contribution in [-0.4, -0.2) is 30.8 Å². The van der Waals surface area contributed by atoms with E-state index in [1.165, 1.54) is 4.88 Å². The molecule has 0 aliphatic rings. The predicted molar refractivity (Wildman–Crippen MR) is 69.6 cm³/mol. The van der Waals surface area contributed by atoms with Gasteiger partial charge in [0, 0.05) is 4.88 Å². The SMILES string of the molecule is C.CC(=O)[C@@H](C)N(C)C.Cc1cccs1.